The molecule has 24 heavy (non-hydrogen) atoms. The number of aromatic nitrogens is 1. The Morgan fingerprint density at radius 1 is 1.17 bits per heavy atom. The molecule has 0 radical (unpaired) electrons. The van der Waals surface area contributed by atoms with E-state index in [4.69, 9.17) is 4.74 Å². The average Bonchev–Trinajstić information content (AvgIpc) is 3.44. The lowest BCUT2D eigenvalue weighted by atomic mass is 9.67. The summed E-state index contributed by atoms with van der Waals surface area (Å²) in [6.07, 6.45) is 4.39. The largest absolute Gasteiger partial charge is 0.493 e. The third-order valence-electron chi connectivity index (χ3n) is 5.32. The van der Waals surface area contributed by atoms with Crippen molar-refractivity contribution in [3.8, 4) is 5.75 Å². The van der Waals surface area contributed by atoms with Gasteiger partial charge in [0.05, 0.1) is 12.2 Å². The fraction of sp³-hybridized carbons (Fsp3) is 0.316. The number of nitrogens with zero attached hydrogens (tertiary/aromatic N) is 1. The number of imide groups is 1. The Morgan fingerprint density at radius 2 is 2.00 bits per heavy atom. The fourth-order valence-electron chi connectivity index (χ4n) is 3.92. The zero-order valence-corrected chi connectivity index (χ0v) is 13.0. The van der Waals surface area contributed by atoms with Crippen LogP contribution in [0.15, 0.2) is 36.5 Å². The molecule has 1 atom stereocenters. The molecule has 1 N–H and O–H groups in total. The minimum atomic E-state index is -0.870. The number of nitrogens with one attached hydrogen (secondary N) is 1. The predicted molar refractivity (Wildman–Crippen MR) is 86.0 cm³/mol. The number of pyridine rings is 1. The first-order valence-corrected chi connectivity index (χ1v) is 8.28. The summed E-state index contributed by atoms with van der Waals surface area (Å²) in [7, 11) is 0. The number of hydrogen-bond acceptors (Lipinski definition) is 4. The van der Waals surface area contributed by atoms with E-state index < -0.39 is 5.41 Å². The summed E-state index contributed by atoms with van der Waals surface area (Å²) in [5.74, 6) is 0.551. The van der Waals surface area contributed by atoms with E-state index >= 15 is 0 Å². The van der Waals surface area contributed by atoms with Crippen molar-refractivity contribution < 1.29 is 14.3 Å². The first-order chi connectivity index (χ1) is 11.7. The summed E-state index contributed by atoms with van der Waals surface area (Å²) >= 11 is 0. The number of benzene rings is 1. The summed E-state index contributed by atoms with van der Waals surface area (Å²) in [6.45, 7) is 0.444. The maximum Gasteiger partial charge on any atom is 0.259 e. The Morgan fingerprint density at radius 3 is 2.83 bits per heavy atom. The molecule has 120 valence electrons. The smallest absolute Gasteiger partial charge is 0.259 e. The number of para-hydroxylation sites is 1. The summed E-state index contributed by atoms with van der Waals surface area (Å²) in [4.78, 5) is 29.8. The van der Waals surface area contributed by atoms with Crippen LogP contribution >= 0.6 is 0 Å². The maximum absolute atomic E-state index is 13.0. The van der Waals surface area contributed by atoms with Gasteiger partial charge in [-0.25, -0.2) is 0 Å². The second-order valence-corrected chi connectivity index (χ2v) is 6.71. The topological polar surface area (TPSA) is 68.3 Å². The third-order valence-corrected chi connectivity index (χ3v) is 5.32. The van der Waals surface area contributed by atoms with Gasteiger partial charge in [0.1, 0.15) is 11.2 Å². The van der Waals surface area contributed by atoms with Crippen molar-refractivity contribution in [3.05, 3.63) is 58.9 Å². The van der Waals surface area contributed by atoms with E-state index in [1.54, 1.807) is 6.20 Å². The zero-order chi connectivity index (χ0) is 16.3. The number of hydrogen-bond donors (Lipinski definition) is 1. The standard InChI is InChI=1S/C19H16N2O3/c22-17-12-10-20-15(11-5-6-11)9-14(12)19(18(23)21-17)7-8-24-16-4-2-1-3-13(16)19/h1-4,9-11H,5-8H2,(H,21,22,23). The SMILES string of the molecule is O=C1NC(=O)C2(CCOc3ccccc32)c2cc(C3CC3)ncc21. The maximum atomic E-state index is 13.0. The molecule has 0 saturated heterocycles. The highest BCUT2D eigenvalue weighted by Crippen LogP contribution is 2.48. The normalized spacial score (nSPS) is 24.8. The zero-order valence-electron chi connectivity index (χ0n) is 13.0. The molecule has 1 aromatic carbocycles. The Labute approximate surface area is 139 Å². The van der Waals surface area contributed by atoms with Gasteiger partial charge >= 0.3 is 0 Å². The Kier molecular flexibility index (Phi) is 2.66. The van der Waals surface area contributed by atoms with Crippen LogP contribution in [0.2, 0.25) is 0 Å². The highest BCUT2D eigenvalue weighted by atomic mass is 16.5. The van der Waals surface area contributed by atoms with Gasteiger partial charge in [0, 0.05) is 29.8 Å². The second kappa shape index (κ2) is 4.66. The van der Waals surface area contributed by atoms with Crippen LogP contribution in [0.5, 0.6) is 5.75 Å². The molecular formula is C19H16N2O3. The van der Waals surface area contributed by atoms with Crippen molar-refractivity contribution in [2.45, 2.75) is 30.6 Å². The van der Waals surface area contributed by atoms with E-state index in [1.165, 1.54) is 0 Å². The van der Waals surface area contributed by atoms with E-state index in [2.05, 4.69) is 10.3 Å². The van der Waals surface area contributed by atoms with Crippen molar-refractivity contribution in [1.29, 1.82) is 0 Å². The van der Waals surface area contributed by atoms with E-state index in [0.717, 1.165) is 29.7 Å². The van der Waals surface area contributed by atoms with E-state index in [9.17, 15) is 9.59 Å². The lowest BCUT2D eigenvalue weighted by Crippen LogP contribution is -2.54. The van der Waals surface area contributed by atoms with E-state index in [-0.39, 0.29) is 11.8 Å². The van der Waals surface area contributed by atoms with E-state index in [1.807, 2.05) is 30.3 Å². The van der Waals surface area contributed by atoms with Gasteiger partial charge in [-0.2, -0.15) is 0 Å². The molecule has 5 rings (SSSR count). The Bertz CT molecular complexity index is 888. The molecule has 1 spiro atoms. The first kappa shape index (κ1) is 13.7. The van der Waals surface area contributed by atoms with Crippen LogP contribution in [-0.2, 0) is 10.2 Å². The van der Waals surface area contributed by atoms with Gasteiger partial charge in [-0.15, -0.1) is 0 Å². The summed E-state index contributed by atoms with van der Waals surface area (Å²) < 4.78 is 5.75. The molecule has 2 aliphatic heterocycles. The molecule has 1 aromatic heterocycles. The Hall–Kier alpha value is -2.69. The Balaban J connectivity index is 1.81. The average molecular weight is 320 g/mol. The van der Waals surface area contributed by atoms with Crippen molar-refractivity contribution >= 4 is 11.8 Å². The number of carbonyl (C=O) groups excluding carboxylic acids is 2. The van der Waals surface area contributed by atoms with Gasteiger partial charge in [-0.1, -0.05) is 18.2 Å². The predicted octanol–water partition coefficient (Wildman–Crippen LogP) is 2.30. The molecule has 1 unspecified atom stereocenters. The van der Waals surface area contributed by atoms with Gasteiger partial charge in [0.15, 0.2) is 0 Å². The molecule has 1 aliphatic carbocycles. The molecule has 3 heterocycles. The van der Waals surface area contributed by atoms with Crippen molar-refractivity contribution in [1.82, 2.24) is 10.3 Å². The molecule has 1 fully saturated rings. The van der Waals surface area contributed by atoms with Crippen LogP contribution in [0, 0.1) is 0 Å². The van der Waals surface area contributed by atoms with Gasteiger partial charge < -0.3 is 4.74 Å². The number of fused-ring (bicyclic) bond motifs is 4. The van der Waals surface area contributed by atoms with Crippen LogP contribution < -0.4 is 10.1 Å². The lowest BCUT2D eigenvalue weighted by Gasteiger charge is -2.41. The summed E-state index contributed by atoms with van der Waals surface area (Å²) in [6, 6.07) is 9.58. The van der Waals surface area contributed by atoms with Crippen molar-refractivity contribution in [2.75, 3.05) is 6.61 Å². The van der Waals surface area contributed by atoms with Gasteiger partial charge in [0.2, 0.25) is 5.91 Å². The number of carbonyl (C=O) groups is 2. The monoisotopic (exact) mass is 320 g/mol. The fourth-order valence-corrected chi connectivity index (χ4v) is 3.92. The highest BCUT2D eigenvalue weighted by Gasteiger charge is 2.51. The molecule has 3 aliphatic rings. The molecule has 2 amide bonds. The van der Waals surface area contributed by atoms with Gasteiger partial charge in [-0.05, 0) is 30.5 Å². The molecule has 0 bridgehead atoms. The number of rotatable bonds is 1. The molecule has 5 heteroatoms. The van der Waals surface area contributed by atoms with Gasteiger partial charge in [0.25, 0.3) is 5.91 Å². The molecular weight excluding hydrogens is 304 g/mol. The highest BCUT2D eigenvalue weighted by molar-refractivity contribution is 6.14. The minimum absolute atomic E-state index is 0.260. The first-order valence-electron chi connectivity index (χ1n) is 8.28. The van der Waals surface area contributed by atoms with Crippen LogP contribution in [0.1, 0.15) is 52.4 Å². The third kappa shape index (κ3) is 1.72. The van der Waals surface area contributed by atoms with Crippen LogP contribution in [0.4, 0.5) is 0 Å². The number of amides is 2. The minimum Gasteiger partial charge on any atom is -0.493 e. The molecule has 5 nitrogen and oxygen atoms in total. The van der Waals surface area contributed by atoms with Crippen LogP contribution in [0.25, 0.3) is 0 Å². The summed E-state index contributed by atoms with van der Waals surface area (Å²) in [5, 5.41) is 2.53. The van der Waals surface area contributed by atoms with Crippen molar-refractivity contribution in [3.63, 3.8) is 0 Å². The second-order valence-electron chi connectivity index (χ2n) is 6.71. The number of ether oxygens (including phenoxy) is 1. The van der Waals surface area contributed by atoms with Crippen molar-refractivity contribution in [2.24, 2.45) is 0 Å². The van der Waals surface area contributed by atoms with Crippen LogP contribution in [-0.4, -0.2) is 23.4 Å². The van der Waals surface area contributed by atoms with Crippen LogP contribution in [0.3, 0.4) is 0 Å². The van der Waals surface area contributed by atoms with Gasteiger partial charge in [-0.3, -0.25) is 19.9 Å². The summed E-state index contributed by atoms with van der Waals surface area (Å²) in [5.41, 5.74) is 2.22. The molecule has 1 saturated carbocycles. The lowest BCUT2D eigenvalue weighted by molar-refractivity contribution is -0.125. The van der Waals surface area contributed by atoms with E-state index in [0.29, 0.717) is 30.3 Å². The quantitative estimate of drug-likeness (QED) is 0.819. The molecule has 2 aromatic rings.